The molecule has 1 aliphatic rings. The minimum Gasteiger partial charge on any atom is -0.307 e. The molecule has 2 unspecified atom stereocenters. The number of benzene rings is 1. The van der Waals surface area contributed by atoms with Gasteiger partial charge < -0.3 is 5.32 Å². The second-order valence-corrected chi connectivity index (χ2v) is 5.44. The van der Waals surface area contributed by atoms with Crippen molar-refractivity contribution < 1.29 is 0 Å². The summed E-state index contributed by atoms with van der Waals surface area (Å²) in [6, 6.07) is 7.66. The number of aryl methyl sites for hydroxylation is 1. The highest BCUT2D eigenvalue weighted by Gasteiger charge is 2.23. The molecule has 2 atom stereocenters. The fourth-order valence-corrected chi connectivity index (χ4v) is 2.83. The number of hydrogen-bond acceptors (Lipinski definition) is 1. The molecule has 1 aromatic rings. The van der Waals surface area contributed by atoms with Crippen molar-refractivity contribution in [3.8, 4) is 0 Å². The zero-order chi connectivity index (χ0) is 11.5. The lowest BCUT2D eigenvalue weighted by atomic mass is 10.1. The predicted molar refractivity (Wildman–Crippen MR) is 72.6 cm³/mol. The zero-order valence-electron chi connectivity index (χ0n) is 9.67. The molecule has 16 heavy (non-hydrogen) atoms. The van der Waals surface area contributed by atoms with Crippen LogP contribution in [0.15, 0.2) is 35.3 Å². The Morgan fingerprint density at radius 1 is 1.62 bits per heavy atom. The quantitative estimate of drug-likeness (QED) is 0.822. The normalized spacial score (nSPS) is 20.5. The highest BCUT2D eigenvalue weighted by atomic mass is 79.9. The van der Waals surface area contributed by atoms with Crippen molar-refractivity contribution in [1.82, 2.24) is 5.32 Å². The largest absolute Gasteiger partial charge is 0.307 e. The van der Waals surface area contributed by atoms with E-state index in [2.05, 4.69) is 52.9 Å². The summed E-state index contributed by atoms with van der Waals surface area (Å²) in [5.74, 6) is 0. The van der Waals surface area contributed by atoms with Crippen LogP contribution in [0.1, 0.15) is 36.9 Å². The van der Waals surface area contributed by atoms with Crippen molar-refractivity contribution >= 4 is 15.9 Å². The van der Waals surface area contributed by atoms with Gasteiger partial charge in [-0.2, -0.15) is 0 Å². The molecule has 0 aliphatic heterocycles. The third kappa shape index (κ3) is 2.55. The van der Waals surface area contributed by atoms with Crippen LogP contribution in [0.4, 0.5) is 0 Å². The first-order valence-corrected chi connectivity index (χ1v) is 6.65. The third-order valence-electron chi connectivity index (χ3n) is 3.19. The molecule has 0 amide bonds. The lowest BCUT2D eigenvalue weighted by Gasteiger charge is -2.19. The van der Waals surface area contributed by atoms with Crippen LogP contribution in [-0.2, 0) is 6.42 Å². The molecule has 1 nitrogen and oxygen atoms in total. The molecule has 0 saturated heterocycles. The summed E-state index contributed by atoms with van der Waals surface area (Å²) in [6.45, 7) is 6.01. The monoisotopic (exact) mass is 279 g/mol. The van der Waals surface area contributed by atoms with Crippen molar-refractivity contribution in [3.05, 3.63) is 46.5 Å². The van der Waals surface area contributed by atoms with Gasteiger partial charge >= 0.3 is 0 Å². The summed E-state index contributed by atoms with van der Waals surface area (Å²) in [5.41, 5.74) is 2.96. The van der Waals surface area contributed by atoms with E-state index in [0.29, 0.717) is 12.1 Å². The highest BCUT2D eigenvalue weighted by molar-refractivity contribution is 9.10. The van der Waals surface area contributed by atoms with Crippen molar-refractivity contribution in [2.45, 2.75) is 38.3 Å². The molecule has 86 valence electrons. The summed E-state index contributed by atoms with van der Waals surface area (Å²) >= 11 is 3.53. The van der Waals surface area contributed by atoms with Crippen molar-refractivity contribution in [1.29, 1.82) is 0 Å². The van der Waals surface area contributed by atoms with Gasteiger partial charge in [-0.25, -0.2) is 0 Å². The molecule has 0 fully saturated rings. The van der Waals surface area contributed by atoms with Gasteiger partial charge in [0.1, 0.15) is 0 Å². The number of hydrogen-bond donors (Lipinski definition) is 1. The lowest BCUT2D eigenvalue weighted by molar-refractivity contribution is 0.455. The van der Waals surface area contributed by atoms with Crippen molar-refractivity contribution in [3.63, 3.8) is 0 Å². The summed E-state index contributed by atoms with van der Waals surface area (Å²) in [5, 5.41) is 3.67. The Kier molecular flexibility index (Phi) is 3.82. The summed E-state index contributed by atoms with van der Waals surface area (Å²) in [7, 11) is 0. The number of rotatable bonds is 4. The molecular formula is C14H18BrN. The average Bonchev–Trinajstić information content (AvgIpc) is 2.61. The van der Waals surface area contributed by atoms with Crippen LogP contribution in [0.5, 0.6) is 0 Å². The Morgan fingerprint density at radius 3 is 3.19 bits per heavy atom. The van der Waals surface area contributed by atoms with Gasteiger partial charge in [-0.3, -0.25) is 0 Å². The summed E-state index contributed by atoms with van der Waals surface area (Å²) in [6.07, 6.45) is 5.41. The van der Waals surface area contributed by atoms with Gasteiger partial charge in [-0.1, -0.05) is 28.1 Å². The Labute approximate surface area is 106 Å². The van der Waals surface area contributed by atoms with E-state index in [-0.39, 0.29) is 0 Å². The minimum atomic E-state index is 0.511. The van der Waals surface area contributed by atoms with E-state index in [1.165, 1.54) is 28.4 Å². The van der Waals surface area contributed by atoms with Crippen LogP contribution in [0.3, 0.4) is 0 Å². The SMILES string of the molecule is C=CCC(C)NC1CCc2cc(Br)ccc21. The van der Waals surface area contributed by atoms with Crippen LogP contribution >= 0.6 is 15.9 Å². The van der Waals surface area contributed by atoms with Crippen LogP contribution in [-0.4, -0.2) is 6.04 Å². The van der Waals surface area contributed by atoms with Crippen LogP contribution in [0, 0.1) is 0 Å². The highest BCUT2D eigenvalue weighted by Crippen LogP contribution is 2.33. The Bertz CT molecular complexity index is 386. The minimum absolute atomic E-state index is 0.511. The molecule has 0 spiro atoms. The second-order valence-electron chi connectivity index (χ2n) is 4.53. The zero-order valence-corrected chi connectivity index (χ0v) is 11.3. The van der Waals surface area contributed by atoms with Gasteiger partial charge in [-0.05, 0) is 49.4 Å². The molecule has 2 heteroatoms. The van der Waals surface area contributed by atoms with Gasteiger partial charge in [0.2, 0.25) is 0 Å². The second kappa shape index (κ2) is 5.15. The average molecular weight is 280 g/mol. The smallest absolute Gasteiger partial charge is 0.0328 e. The van der Waals surface area contributed by atoms with E-state index in [1.807, 2.05) is 6.08 Å². The molecule has 0 heterocycles. The maximum atomic E-state index is 3.78. The Morgan fingerprint density at radius 2 is 2.44 bits per heavy atom. The van der Waals surface area contributed by atoms with E-state index in [0.717, 1.165) is 6.42 Å². The topological polar surface area (TPSA) is 12.0 Å². The molecule has 0 bridgehead atoms. The lowest BCUT2D eigenvalue weighted by Crippen LogP contribution is -2.28. The van der Waals surface area contributed by atoms with Crippen molar-refractivity contribution in [2.24, 2.45) is 0 Å². The number of fused-ring (bicyclic) bond motifs is 1. The fourth-order valence-electron chi connectivity index (χ4n) is 2.42. The molecule has 1 aliphatic carbocycles. The van der Waals surface area contributed by atoms with Gasteiger partial charge in [0.25, 0.3) is 0 Å². The van der Waals surface area contributed by atoms with Crippen LogP contribution < -0.4 is 5.32 Å². The van der Waals surface area contributed by atoms with Gasteiger partial charge in [-0.15, -0.1) is 6.58 Å². The molecule has 1 aromatic carbocycles. The standard InChI is InChI=1S/C14H18BrN/c1-3-4-10(2)16-14-8-5-11-9-12(15)6-7-13(11)14/h3,6-7,9-10,14,16H,1,4-5,8H2,2H3. The Balaban J connectivity index is 2.08. The van der Waals surface area contributed by atoms with E-state index >= 15 is 0 Å². The van der Waals surface area contributed by atoms with Crippen LogP contribution in [0.2, 0.25) is 0 Å². The molecular weight excluding hydrogens is 262 g/mol. The first-order valence-electron chi connectivity index (χ1n) is 5.86. The third-order valence-corrected chi connectivity index (χ3v) is 3.68. The fraction of sp³-hybridized carbons (Fsp3) is 0.429. The maximum Gasteiger partial charge on any atom is 0.0328 e. The predicted octanol–water partition coefficient (Wildman–Crippen LogP) is 3.99. The number of nitrogens with one attached hydrogen (secondary N) is 1. The molecule has 0 saturated carbocycles. The molecule has 0 radical (unpaired) electrons. The first kappa shape index (κ1) is 11.9. The molecule has 2 rings (SSSR count). The summed E-state index contributed by atoms with van der Waals surface area (Å²) in [4.78, 5) is 0. The van der Waals surface area contributed by atoms with Gasteiger partial charge in [0.05, 0.1) is 0 Å². The summed E-state index contributed by atoms with van der Waals surface area (Å²) < 4.78 is 1.19. The van der Waals surface area contributed by atoms with E-state index in [4.69, 9.17) is 0 Å². The van der Waals surface area contributed by atoms with E-state index in [1.54, 1.807) is 0 Å². The molecule has 1 N–H and O–H groups in total. The van der Waals surface area contributed by atoms with E-state index < -0.39 is 0 Å². The number of halogens is 1. The first-order chi connectivity index (χ1) is 7.70. The van der Waals surface area contributed by atoms with Crippen molar-refractivity contribution in [2.75, 3.05) is 0 Å². The Hall–Kier alpha value is -0.600. The van der Waals surface area contributed by atoms with Gasteiger partial charge in [0.15, 0.2) is 0 Å². The van der Waals surface area contributed by atoms with E-state index in [9.17, 15) is 0 Å². The molecule has 0 aromatic heterocycles. The van der Waals surface area contributed by atoms with Crippen LogP contribution in [0.25, 0.3) is 0 Å². The maximum absolute atomic E-state index is 3.78. The van der Waals surface area contributed by atoms with Gasteiger partial charge in [0, 0.05) is 16.6 Å².